The van der Waals surface area contributed by atoms with Gasteiger partial charge in [-0.2, -0.15) is 9.97 Å². The number of ketones is 1. The first-order valence-corrected chi connectivity index (χ1v) is 6.38. The summed E-state index contributed by atoms with van der Waals surface area (Å²) in [7, 11) is 0. The van der Waals surface area contributed by atoms with E-state index in [4.69, 9.17) is 0 Å². The maximum absolute atomic E-state index is 11.2. The number of aromatic nitrogens is 3. The van der Waals surface area contributed by atoms with E-state index >= 15 is 0 Å². The topological polar surface area (TPSA) is 88.3 Å². The third kappa shape index (κ3) is 3.92. The average Bonchev–Trinajstić information content (AvgIpc) is 2.27. The van der Waals surface area contributed by atoms with Gasteiger partial charge in [-0.15, -0.1) is 0 Å². The van der Waals surface area contributed by atoms with Crippen LogP contribution in [0.1, 0.15) is 19.7 Å². The number of Topliss-reactive ketones (excluding diaryl/α,β-unsaturated/α-hetero) is 1. The van der Waals surface area contributed by atoms with Crippen molar-refractivity contribution in [1.29, 1.82) is 0 Å². The van der Waals surface area contributed by atoms with Crippen LogP contribution in [0, 0.1) is 6.92 Å². The van der Waals surface area contributed by atoms with Crippen molar-refractivity contribution < 1.29 is 9.90 Å². The number of nitrogens with zero attached hydrogens (tertiary/aromatic N) is 4. The van der Waals surface area contributed by atoms with Crippen LogP contribution in [0.5, 0.6) is 0 Å². The maximum atomic E-state index is 11.2. The summed E-state index contributed by atoms with van der Waals surface area (Å²) in [4.78, 5) is 27.4. The number of rotatable bonds is 4. The van der Waals surface area contributed by atoms with Gasteiger partial charge in [0.05, 0.1) is 5.57 Å². The van der Waals surface area contributed by atoms with E-state index in [2.05, 4.69) is 19.9 Å². The molecule has 0 radical (unpaired) electrons. The molecule has 0 fully saturated rings. The second-order valence-corrected chi connectivity index (χ2v) is 4.26. The van der Waals surface area contributed by atoms with Crippen molar-refractivity contribution in [2.24, 2.45) is 4.99 Å². The minimum absolute atomic E-state index is 0.0814. The molecule has 0 bridgehead atoms. The number of aryl methyl sites for hydroxylation is 1. The monoisotopic (exact) mass is 266 g/mol. The van der Waals surface area contributed by atoms with Gasteiger partial charge >= 0.3 is 0 Å². The summed E-state index contributed by atoms with van der Waals surface area (Å²) >= 11 is 1.38. The Labute approximate surface area is 109 Å². The number of hydrogen-bond acceptors (Lipinski definition) is 7. The van der Waals surface area contributed by atoms with Gasteiger partial charge in [0, 0.05) is 6.21 Å². The molecule has 1 aromatic rings. The van der Waals surface area contributed by atoms with E-state index in [9.17, 15) is 9.90 Å². The Morgan fingerprint density at radius 1 is 1.33 bits per heavy atom. The Kier molecular flexibility index (Phi) is 4.96. The molecule has 0 aliphatic carbocycles. The molecular weight excluding hydrogens is 252 g/mol. The summed E-state index contributed by atoms with van der Waals surface area (Å²) in [5.41, 5.74) is 0.138. The second kappa shape index (κ2) is 6.25. The van der Waals surface area contributed by atoms with Crippen LogP contribution in [0.4, 0.5) is 5.95 Å². The molecule has 0 saturated carbocycles. The van der Waals surface area contributed by atoms with Gasteiger partial charge in [0.15, 0.2) is 10.9 Å². The summed E-state index contributed by atoms with van der Waals surface area (Å²) in [6, 6.07) is 0. The summed E-state index contributed by atoms with van der Waals surface area (Å²) in [5, 5.41) is 9.89. The average molecular weight is 266 g/mol. The lowest BCUT2D eigenvalue weighted by atomic mass is 10.2. The third-order valence-electron chi connectivity index (χ3n) is 1.98. The fourth-order valence-corrected chi connectivity index (χ4v) is 1.55. The zero-order chi connectivity index (χ0) is 13.7. The Morgan fingerprint density at radius 3 is 2.50 bits per heavy atom. The first-order chi connectivity index (χ1) is 8.43. The number of carbonyl (C=O) groups excluding carboxylic acids is 1. The highest BCUT2D eigenvalue weighted by molar-refractivity contribution is 7.98. The van der Waals surface area contributed by atoms with Crippen molar-refractivity contribution in [3.8, 4) is 0 Å². The van der Waals surface area contributed by atoms with Gasteiger partial charge in [-0.25, -0.2) is 9.98 Å². The summed E-state index contributed by atoms with van der Waals surface area (Å²) in [6.45, 7) is 4.52. The van der Waals surface area contributed by atoms with Crippen molar-refractivity contribution in [3.05, 3.63) is 17.2 Å². The number of hydrogen-bond donors (Lipinski definition) is 1. The van der Waals surface area contributed by atoms with E-state index in [1.807, 2.05) is 6.26 Å². The smallest absolute Gasteiger partial charge is 0.253 e. The zero-order valence-corrected chi connectivity index (χ0v) is 11.4. The molecule has 96 valence electrons. The van der Waals surface area contributed by atoms with E-state index in [0.29, 0.717) is 11.0 Å². The third-order valence-corrected chi connectivity index (χ3v) is 2.52. The van der Waals surface area contributed by atoms with Crippen molar-refractivity contribution in [2.75, 3.05) is 6.26 Å². The van der Waals surface area contributed by atoms with Crippen LogP contribution in [0.25, 0.3) is 0 Å². The SMILES string of the molecule is CSc1nc(C)nc(/N=C/C(C(C)=O)=C(/C)O)n1. The van der Waals surface area contributed by atoms with Gasteiger partial charge in [-0.05, 0) is 27.0 Å². The highest BCUT2D eigenvalue weighted by atomic mass is 32.2. The minimum Gasteiger partial charge on any atom is -0.512 e. The van der Waals surface area contributed by atoms with E-state index in [1.165, 1.54) is 31.8 Å². The molecule has 7 heteroatoms. The Morgan fingerprint density at radius 2 is 2.00 bits per heavy atom. The lowest BCUT2D eigenvalue weighted by Gasteiger charge is -1.99. The summed E-state index contributed by atoms with van der Waals surface area (Å²) < 4.78 is 0. The minimum atomic E-state index is -0.269. The van der Waals surface area contributed by atoms with Crippen LogP contribution in [-0.2, 0) is 4.79 Å². The van der Waals surface area contributed by atoms with Crippen molar-refractivity contribution in [2.45, 2.75) is 25.9 Å². The normalized spacial score (nSPS) is 12.7. The first-order valence-electron chi connectivity index (χ1n) is 5.15. The molecule has 1 N–H and O–H groups in total. The lowest BCUT2D eigenvalue weighted by molar-refractivity contribution is -0.113. The number of aliphatic hydroxyl groups is 1. The van der Waals surface area contributed by atoms with Crippen LogP contribution in [0.15, 0.2) is 21.5 Å². The van der Waals surface area contributed by atoms with Crippen LogP contribution in [-0.4, -0.2) is 38.3 Å². The molecule has 0 atom stereocenters. The number of carbonyl (C=O) groups is 1. The largest absolute Gasteiger partial charge is 0.512 e. The number of thioether (sulfide) groups is 1. The van der Waals surface area contributed by atoms with Crippen molar-refractivity contribution >= 4 is 29.7 Å². The Bertz CT molecular complexity index is 522. The molecule has 0 saturated heterocycles. The molecule has 0 aliphatic rings. The summed E-state index contributed by atoms with van der Waals surface area (Å²) in [5.74, 6) is 0.416. The molecule has 0 spiro atoms. The Hall–Kier alpha value is -1.76. The maximum Gasteiger partial charge on any atom is 0.253 e. The van der Waals surface area contributed by atoms with Crippen molar-refractivity contribution in [3.63, 3.8) is 0 Å². The van der Waals surface area contributed by atoms with Gasteiger partial charge in [0.1, 0.15) is 11.6 Å². The molecule has 1 heterocycles. The predicted octanol–water partition coefficient (Wildman–Crippen LogP) is 2.03. The van der Waals surface area contributed by atoms with Crippen molar-refractivity contribution in [1.82, 2.24) is 15.0 Å². The van der Waals surface area contributed by atoms with Gasteiger partial charge in [-0.3, -0.25) is 4.79 Å². The van der Waals surface area contributed by atoms with Crippen LogP contribution in [0.3, 0.4) is 0 Å². The van der Waals surface area contributed by atoms with E-state index in [1.54, 1.807) is 6.92 Å². The van der Waals surface area contributed by atoms with E-state index < -0.39 is 0 Å². The second-order valence-electron chi connectivity index (χ2n) is 3.48. The van der Waals surface area contributed by atoms with Gasteiger partial charge < -0.3 is 5.11 Å². The molecule has 18 heavy (non-hydrogen) atoms. The number of aliphatic imine (C=N–C) groups is 1. The molecule has 0 amide bonds. The highest BCUT2D eigenvalue weighted by Gasteiger charge is 2.06. The van der Waals surface area contributed by atoms with Crippen LogP contribution in [0.2, 0.25) is 0 Å². The summed E-state index contributed by atoms with van der Waals surface area (Å²) in [6.07, 6.45) is 3.11. The number of allylic oxidation sites excluding steroid dienone is 2. The molecule has 0 unspecified atom stereocenters. The lowest BCUT2D eigenvalue weighted by Crippen LogP contribution is -2.02. The molecule has 6 nitrogen and oxygen atoms in total. The van der Waals surface area contributed by atoms with E-state index in [0.717, 1.165) is 0 Å². The first kappa shape index (κ1) is 14.3. The molecule has 0 aromatic carbocycles. The van der Waals surface area contributed by atoms with Crippen LogP contribution >= 0.6 is 11.8 Å². The van der Waals surface area contributed by atoms with Gasteiger partial charge in [0.25, 0.3) is 5.95 Å². The van der Waals surface area contributed by atoms with Crippen LogP contribution < -0.4 is 0 Å². The Balaban J connectivity index is 3.07. The molecule has 0 aliphatic heterocycles. The highest BCUT2D eigenvalue weighted by Crippen LogP contribution is 2.12. The van der Waals surface area contributed by atoms with Gasteiger partial charge in [-0.1, -0.05) is 11.8 Å². The van der Waals surface area contributed by atoms with E-state index in [-0.39, 0.29) is 23.1 Å². The van der Waals surface area contributed by atoms with Gasteiger partial charge in [0.2, 0.25) is 0 Å². The molecule has 1 aromatic heterocycles. The fourth-order valence-electron chi connectivity index (χ4n) is 1.15. The zero-order valence-electron chi connectivity index (χ0n) is 10.6. The number of aliphatic hydroxyl groups excluding tert-OH is 1. The quantitative estimate of drug-likeness (QED) is 0.388. The standard InChI is InChI=1S/C11H14N4O2S/c1-6(16)9(7(2)17)5-12-10-13-8(3)14-11(15-10)18-4/h5,16H,1-4H3/b9-6+,12-5+. The molecular formula is C11H14N4O2S. The fraction of sp³-hybridized carbons (Fsp3) is 0.364. The molecule has 1 rings (SSSR count). The predicted molar refractivity (Wildman–Crippen MR) is 70.5 cm³/mol.